The zero-order valence-electron chi connectivity index (χ0n) is 8.74. The lowest BCUT2D eigenvalue weighted by Gasteiger charge is -2.02. The minimum Gasteiger partial charge on any atom is -0.496 e. The predicted octanol–water partition coefficient (Wildman–Crippen LogP) is 0.639. The van der Waals surface area contributed by atoms with Crippen molar-refractivity contribution in [1.29, 1.82) is 0 Å². The Morgan fingerprint density at radius 2 is 2.06 bits per heavy atom. The van der Waals surface area contributed by atoms with E-state index in [1.807, 2.05) is 30.3 Å². The molecule has 1 aromatic carbocycles. The lowest BCUT2D eigenvalue weighted by Crippen LogP contribution is -2.22. The summed E-state index contributed by atoms with van der Waals surface area (Å²) >= 11 is 0. The fourth-order valence-electron chi connectivity index (χ4n) is 1.03. The summed E-state index contributed by atoms with van der Waals surface area (Å²) in [5.41, 5.74) is 0.988. The van der Waals surface area contributed by atoms with Crippen LogP contribution in [0.3, 0.4) is 0 Å². The van der Waals surface area contributed by atoms with Gasteiger partial charge in [-0.15, -0.1) is 0 Å². The van der Waals surface area contributed by atoms with Gasteiger partial charge in [0.25, 0.3) is 0 Å². The van der Waals surface area contributed by atoms with Crippen molar-refractivity contribution in [3.8, 4) is 0 Å². The Kier molecular flexibility index (Phi) is 5.25. The van der Waals surface area contributed by atoms with Crippen LogP contribution in [-0.2, 0) is 16.1 Å². The van der Waals surface area contributed by atoms with Crippen LogP contribution in [0.15, 0.2) is 42.7 Å². The van der Waals surface area contributed by atoms with Crippen molar-refractivity contribution < 1.29 is 19.7 Å². The van der Waals surface area contributed by atoms with Gasteiger partial charge in [-0.2, -0.15) is 0 Å². The number of rotatable bonds is 6. The van der Waals surface area contributed by atoms with E-state index in [4.69, 9.17) is 14.9 Å². The molecule has 4 heteroatoms. The van der Waals surface area contributed by atoms with Crippen molar-refractivity contribution in [2.24, 2.45) is 0 Å². The molecule has 1 atom stereocenters. The van der Waals surface area contributed by atoms with Gasteiger partial charge in [0.05, 0.1) is 12.9 Å². The molecular weight excluding hydrogens is 208 g/mol. The first-order chi connectivity index (χ1) is 7.74. The largest absolute Gasteiger partial charge is 0.496 e. The topological polar surface area (TPSA) is 66.8 Å². The van der Waals surface area contributed by atoms with E-state index in [2.05, 4.69) is 0 Å². The van der Waals surface area contributed by atoms with Crippen LogP contribution >= 0.6 is 0 Å². The summed E-state index contributed by atoms with van der Waals surface area (Å²) in [6.07, 6.45) is 0.953. The number of hydrogen-bond acceptors (Lipinski definition) is 4. The molecule has 4 nitrogen and oxygen atoms in total. The maximum absolute atomic E-state index is 11.0. The number of aliphatic hydroxyl groups is 2. The molecule has 0 aliphatic carbocycles. The molecule has 0 amide bonds. The summed E-state index contributed by atoms with van der Waals surface area (Å²) < 4.78 is 5.09. The minimum atomic E-state index is -1.36. The molecule has 0 heterocycles. The number of ether oxygens (including phenoxy) is 1. The Hall–Kier alpha value is -1.65. The first kappa shape index (κ1) is 12.4. The van der Waals surface area contributed by atoms with E-state index >= 15 is 0 Å². The SMILES string of the molecule is O=C(C=COCc1ccccc1)C(O)CO. The van der Waals surface area contributed by atoms with E-state index in [1.54, 1.807) is 0 Å². The molecule has 0 saturated carbocycles. The van der Waals surface area contributed by atoms with Gasteiger partial charge < -0.3 is 14.9 Å². The number of hydrogen-bond donors (Lipinski definition) is 2. The monoisotopic (exact) mass is 222 g/mol. The standard InChI is InChI=1S/C12H14O4/c13-8-12(15)11(14)6-7-16-9-10-4-2-1-3-5-10/h1-7,12-13,15H,8-9H2. The molecule has 16 heavy (non-hydrogen) atoms. The van der Waals surface area contributed by atoms with Gasteiger partial charge in [-0.05, 0) is 5.56 Å². The highest BCUT2D eigenvalue weighted by Gasteiger charge is 2.09. The second-order valence-electron chi connectivity index (χ2n) is 3.20. The molecule has 0 aromatic heterocycles. The Morgan fingerprint density at radius 1 is 1.38 bits per heavy atom. The predicted molar refractivity (Wildman–Crippen MR) is 58.5 cm³/mol. The van der Waals surface area contributed by atoms with Crippen LogP contribution in [0.4, 0.5) is 0 Å². The quantitative estimate of drug-likeness (QED) is 0.547. The highest BCUT2D eigenvalue weighted by Crippen LogP contribution is 2.00. The van der Waals surface area contributed by atoms with Crippen LogP contribution in [0.25, 0.3) is 0 Å². The Balaban J connectivity index is 2.30. The molecule has 2 N–H and O–H groups in total. The summed E-state index contributed by atoms with van der Waals surface area (Å²) in [5, 5.41) is 17.4. The minimum absolute atomic E-state index is 0.361. The molecule has 0 fully saturated rings. The van der Waals surface area contributed by atoms with E-state index in [-0.39, 0.29) is 0 Å². The molecule has 1 aromatic rings. The summed E-state index contributed by atoms with van der Waals surface area (Å²) in [4.78, 5) is 11.0. The third kappa shape index (κ3) is 4.25. The average molecular weight is 222 g/mol. The van der Waals surface area contributed by atoms with Gasteiger partial charge in [0, 0.05) is 6.08 Å². The third-order valence-electron chi connectivity index (χ3n) is 1.92. The molecule has 0 saturated heterocycles. The number of ketones is 1. The third-order valence-corrected chi connectivity index (χ3v) is 1.92. The van der Waals surface area contributed by atoms with Gasteiger partial charge in [0.15, 0.2) is 5.78 Å². The summed E-state index contributed by atoms with van der Waals surface area (Å²) in [5.74, 6) is -0.574. The normalized spacial score (nSPS) is 12.6. The molecule has 1 rings (SSSR count). The maximum atomic E-state index is 11.0. The molecule has 0 aliphatic rings. The highest BCUT2D eigenvalue weighted by molar-refractivity contribution is 5.93. The van der Waals surface area contributed by atoms with Gasteiger partial charge >= 0.3 is 0 Å². The van der Waals surface area contributed by atoms with E-state index < -0.39 is 18.5 Å². The van der Waals surface area contributed by atoms with Crippen LogP contribution in [-0.4, -0.2) is 28.7 Å². The van der Waals surface area contributed by atoms with E-state index in [0.717, 1.165) is 11.6 Å². The second-order valence-corrected chi connectivity index (χ2v) is 3.20. The zero-order valence-corrected chi connectivity index (χ0v) is 8.74. The Labute approximate surface area is 93.8 Å². The number of carbonyl (C=O) groups is 1. The molecule has 0 aliphatic heterocycles. The van der Waals surface area contributed by atoms with Gasteiger partial charge in [-0.25, -0.2) is 0 Å². The highest BCUT2D eigenvalue weighted by atomic mass is 16.5. The number of aliphatic hydroxyl groups excluding tert-OH is 2. The fraction of sp³-hybridized carbons (Fsp3) is 0.250. The lowest BCUT2D eigenvalue weighted by atomic mass is 10.2. The fourth-order valence-corrected chi connectivity index (χ4v) is 1.03. The summed E-state index contributed by atoms with van der Waals surface area (Å²) in [6, 6.07) is 9.49. The van der Waals surface area contributed by atoms with Gasteiger partial charge in [0.2, 0.25) is 0 Å². The molecule has 0 spiro atoms. The average Bonchev–Trinajstić information content (AvgIpc) is 2.34. The Bertz CT molecular complexity index is 345. The van der Waals surface area contributed by atoms with Crippen molar-refractivity contribution >= 4 is 5.78 Å². The maximum Gasteiger partial charge on any atom is 0.189 e. The molecule has 1 unspecified atom stereocenters. The van der Waals surface area contributed by atoms with Crippen molar-refractivity contribution in [3.05, 3.63) is 48.2 Å². The first-order valence-corrected chi connectivity index (χ1v) is 4.89. The van der Waals surface area contributed by atoms with E-state index in [1.165, 1.54) is 6.26 Å². The molecule has 0 bridgehead atoms. The van der Waals surface area contributed by atoms with Crippen molar-refractivity contribution in [2.45, 2.75) is 12.7 Å². The van der Waals surface area contributed by atoms with Crippen LogP contribution in [0.5, 0.6) is 0 Å². The van der Waals surface area contributed by atoms with Gasteiger partial charge in [0.1, 0.15) is 12.7 Å². The van der Waals surface area contributed by atoms with Crippen LogP contribution < -0.4 is 0 Å². The molecule has 86 valence electrons. The Morgan fingerprint density at radius 3 is 2.69 bits per heavy atom. The first-order valence-electron chi connectivity index (χ1n) is 4.89. The smallest absolute Gasteiger partial charge is 0.189 e. The number of benzene rings is 1. The van der Waals surface area contributed by atoms with Crippen LogP contribution in [0.1, 0.15) is 5.56 Å². The lowest BCUT2D eigenvalue weighted by molar-refractivity contribution is -0.124. The van der Waals surface area contributed by atoms with E-state index in [9.17, 15) is 4.79 Å². The van der Waals surface area contributed by atoms with Crippen molar-refractivity contribution in [1.82, 2.24) is 0 Å². The van der Waals surface area contributed by atoms with E-state index in [0.29, 0.717) is 6.61 Å². The summed E-state index contributed by atoms with van der Waals surface area (Å²) in [7, 11) is 0. The zero-order chi connectivity index (χ0) is 11.8. The molecule has 0 radical (unpaired) electrons. The van der Waals surface area contributed by atoms with Crippen LogP contribution in [0.2, 0.25) is 0 Å². The van der Waals surface area contributed by atoms with Gasteiger partial charge in [-0.1, -0.05) is 30.3 Å². The van der Waals surface area contributed by atoms with Gasteiger partial charge in [-0.3, -0.25) is 4.79 Å². The summed E-state index contributed by atoms with van der Waals surface area (Å²) in [6.45, 7) is -0.221. The van der Waals surface area contributed by atoms with Crippen LogP contribution in [0, 0.1) is 0 Å². The molecular formula is C12H14O4. The number of carbonyl (C=O) groups excluding carboxylic acids is 1. The van der Waals surface area contributed by atoms with Crippen molar-refractivity contribution in [2.75, 3.05) is 6.61 Å². The second kappa shape index (κ2) is 6.76. The van der Waals surface area contributed by atoms with Crippen molar-refractivity contribution in [3.63, 3.8) is 0 Å².